The normalized spacial score (nSPS) is 17.8. The fraction of sp³-hybridized carbons (Fsp3) is 0.240. The summed E-state index contributed by atoms with van der Waals surface area (Å²) in [6.07, 6.45) is 0.599. The quantitative estimate of drug-likeness (QED) is 0.484. The zero-order chi connectivity index (χ0) is 23.3. The van der Waals surface area contributed by atoms with Gasteiger partial charge in [-0.1, -0.05) is 35.9 Å². The second-order valence-corrected chi connectivity index (χ2v) is 9.62. The Kier molecular flexibility index (Phi) is 5.80. The van der Waals surface area contributed by atoms with Crippen molar-refractivity contribution in [2.45, 2.75) is 24.3 Å². The van der Waals surface area contributed by atoms with Crippen LogP contribution < -0.4 is 14.9 Å². The van der Waals surface area contributed by atoms with Crippen molar-refractivity contribution in [2.24, 2.45) is 11.1 Å². The maximum atomic E-state index is 14.9. The molecule has 1 amide bonds. The molecule has 2 heterocycles. The lowest BCUT2D eigenvalue weighted by atomic mass is 9.96. The van der Waals surface area contributed by atoms with E-state index in [2.05, 4.69) is 0 Å². The van der Waals surface area contributed by atoms with E-state index in [1.807, 2.05) is 36.1 Å². The molecular formula is C25H22ClF2N3OS. The van der Waals surface area contributed by atoms with Crippen LogP contribution in [0.25, 0.3) is 11.1 Å². The number of carbonyl (C=O) groups is 1. The van der Waals surface area contributed by atoms with Crippen LogP contribution in [0.15, 0.2) is 59.5 Å². The van der Waals surface area contributed by atoms with Gasteiger partial charge in [0, 0.05) is 35.4 Å². The van der Waals surface area contributed by atoms with E-state index >= 15 is 0 Å². The first kappa shape index (κ1) is 22.2. The second-order valence-electron chi connectivity index (χ2n) is 8.54. The number of rotatable bonds is 4. The van der Waals surface area contributed by atoms with E-state index in [0.29, 0.717) is 40.7 Å². The highest BCUT2D eigenvalue weighted by Crippen LogP contribution is 2.39. The molecule has 1 unspecified atom stereocenters. The SMILES string of the molecule is CC1Cc2cc(F)c(SN)cc2N1C(=O)C1CN(c2ccc(-c3ccccc3Cl)cc2F)C1. The van der Waals surface area contributed by atoms with Crippen LogP contribution >= 0.6 is 23.5 Å². The van der Waals surface area contributed by atoms with Crippen LogP contribution in [-0.4, -0.2) is 25.0 Å². The number of anilines is 2. The standard InChI is InChI=1S/C25H22ClF2N3OS/c1-14-8-16-10-21(28)24(33-29)11-23(16)31(14)25(32)17-12-30(13-17)22-7-6-15(9-20(22)27)18-4-2-3-5-19(18)26/h2-7,9-11,14,17H,8,12-13,29H2,1H3. The van der Waals surface area contributed by atoms with Gasteiger partial charge in [-0.05, 0) is 66.8 Å². The zero-order valence-corrected chi connectivity index (χ0v) is 19.5. The molecule has 1 saturated heterocycles. The summed E-state index contributed by atoms with van der Waals surface area (Å²) in [4.78, 5) is 17.2. The Morgan fingerprint density at radius 2 is 1.82 bits per heavy atom. The van der Waals surface area contributed by atoms with Gasteiger partial charge in [0.2, 0.25) is 5.91 Å². The monoisotopic (exact) mass is 485 g/mol. The molecule has 3 aromatic carbocycles. The average Bonchev–Trinajstić information content (AvgIpc) is 3.07. The summed E-state index contributed by atoms with van der Waals surface area (Å²) in [6, 6.07) is 15.4. The molecule has 0 saturated carbocycles. The summed E-state index contributed by atoms with van der Waals surface area (Å²) in [7, 11) is 0. The molecule has 3 aromatic rings. The van der Waals surface area contributed by atoms with Crippen LogP contribution in [0.1, 0.15) is 12.5 Å². The highest BCUT2D eigenvalue weighted by molar-refractivity contribution is 7.97. The number of fused-ring (bicyclic) bond motifs is 1. The molecule has 2 N–H and O–H groups in total. The molecule has 2 aliphatic rings. The Morgan fingerprint density at radius 1 is 1.06 bits per heavy atom. The lowest BCUT2D eigenvalue weighted by Gasteiger charge is -2.42. The fourth-order valence-corrected chi connectivity index (χ4v) is 5.30. The van der Waals surface area contributed by atoms with E-state index in [1.54, 1.807) is 23.1 Å². The zero-order valence-electron chi connectivity index (χ0n) is 17.9. The second kappa shape index (κ2) is 8.63. The predicted octanol–water partition coefficient (Wildman–Crippen LogP) is 5.67. The van der Waals surface area contributed by atoms with E-state index in [4.69, 9.17) is 16.7 Å². The van der Waals surface area contributed by atoms with Crippen molar-refractivity contribution in [1.29, 1.82) is 0 Å². The van der Waals surface area contributed by atoms with E-state index in [1.165, 1.54) is 12.1 Å². The average molecular weight is 486 g/mol. The third-order valence-corrected chi connectivity index (χ3v) is 7.31. The molecule has 1 fully saturated rings. The Morgan fingerprint density at radius 3 is 2.52 bits per heavy atom. The molecule has 0 aliphatic carbocycles. The van der Waals surface area contributed by atoms with Crippen molar-refractivity contribution in [2.75, 3.05) is 22.9 Å². The number of benzene rings is 3. The summed E-state index contributed by atoms with van der Waals surface area (Å²) < 4.78 is 29.0. The maximum Gasteiger partial charge on any atom is 0.233 e. The molecule has 0 spiro atoms. The summed E-state index contributed by atoms with van der Waals surface area (Å²) in [5.41, 5.74) is 3.47. The lowest BCUT2D eigenvalue weighted by Crippen LogP contribution is -2.56. The first-order chi connectivity index (χ1) is 15.9. The predicted molar refractivity (Wildman–Crippen MR) is 130 cm³/mol. The third kappa shape index (κ3) is 3.88. The third-order valence-electron chi connectivity index (χ3n) is 6.42. The number of amides is 1. The molecule has 5 rings (SSSR count). The van der Waals surface area contributed by atoms with Crippen molar-refractivity contribution in [3.8, 4) is 11.1 Å². The molecule has 170 valence electrons. The summed E-state index contributed by atoms with van der Waals surface area (Å²) >= 11 is 7.07. The minimum atomic E-state index is -0.367. The van der Waals surface area contributed by atoms with Crippen LogP contribution in [0, 0.1) is 17.6 Å². The maximum absolute atomic E-state index is 14.9. The van der Waals surface area contributed by atoms with Gasteiger partial charge in [0.1, 0.15) is 11.6 Å². The Hall–Kier alpha value is -2.61. The number of hydrogen-bond acceptors (Lipinski definition) is 4. The minimum absolute atomic E-state index is 0.0230. The van der Waals surface area contributed by atoms with Crippen LogP contribution in [0.3, 0.4) is 0 Å². The Bertz CT molecular complexity index is 1250. The Labute approximate surface area is 200 Å². The highest BCUT2D eigenvalue weighted by atomic mass is 35.5. The van der Waals surface area contributed by atoms with Gasteiger partial charge in [0.15, 0.2) is 0 Å². The van der Waals surface area contributed by atoms with Crippen molar-refractivity contribution < 1.29 is 13.6 Å². The topological polar surface area (TPSA) is 49.6 Å². The largest absolute Gasteiger partial charge is 0.367 e. The summed E-state index contributed by atoms with van der Waals surface area (Å²) in [5.74, 6) is -0.989. The minimum Gasteiger partial charge on any atom is -0.367 e. The molecule has 0 radical (unpaired) electrons. The molecular weight excluding hydrogens is 464 g/mol. The van der Waals surface area contributed by atoms with Crippen LogP contribution in [0.4, 0.5) is 20.2 Å². The molecule has 2 aliphatic heterocycles. The van der Waals surface area contributed by atoms with E-state index in [0.717, 1.165) is 28.8 Å². The van der Waals surface area contributed by atoms with Gasteiger partial charge in [-0.25, -0.2) is 8.78 Å². The van der Waals surface area contributed by atoms with Gasteiger partial charge in [-0.15, -0.1) is 0 Å². The molecule has 8 heteroatoms. The Balaban J connectivity index is 1.31. The van der Waals surface area contributed by atoms with Gasteiger partial charge >= 0.3 is 0 Å². The smallest absolute Gasteiger partial charge is 0.233 e. The number of halogens is 3. The van der Waals surface area contributed by atoms with Crippen molar-refractivity contribution in [3.05, 3.63) is 76.8 Å². The number of nitrogens with zero attached hydrogens (tertiary/aromatic N) is 2. The van der Waals surface area contributed by atoms with Crippen LogP contribution in [-0.2, 0) is 11.2 Å². The lowest BCUT2D eigenvalue weighted by molar-refractivity contribution is -0.123. The van der Waals surface area contributed by atoms with Crippen LogP contribution in [0.5, 0.6) is 0 Å². The van der Waals surface area contributed by atoms with Crippen molar-refractivity contribution in [3.63, 3.8) is 0 Å². The molecule has 0 bridgehead atoms. The number of carbonyl (C=O) groups excluding carboxylic acids is 1. The van der Waals surface area contributed by atoms with Gasteiger partial charge < -0.3 is 9.80 Å². The fourth-order valence-electron chi connectivity index (χ4n) is 4.70. The molecule has 0 aromatic heterocycles. The van der Waals surface area contributed by atoms with Gasteiger partial charge in [0.25, 0.3) is 0 Å². The summed E-state index contributed by atoms with van der Waals surface area (Å²) in [6.45, 7) is 2.81. The van der Waals surface area contributed by atoms with Gasteiger partial charge in [0.05, 0.1) is 16.5 Å². The van der Waals surface area contributed by atoms with Gasteiger partial charge in [-0.2, -0.15) is 0 Å². The van der Waals surface area contributed by atoms with Gasteiger partial charge in [-0.3, -0.25) is 9.93 Å². The van der Waals surface area contributed by atoms with E-state index in [-0.39, 0.29) is 29.5 Å². The molecule has 4 nitrogen and oxygen atoms in total. The summed E-state index contributed by atoms with van der Waals surface area (Å²) in [5, 5.41) is 6.14. The number of hydrogen-bond donors (Lipinski definition) is 1. The van der Waals surface area contributed by atoms with E-state index in [9.17, 15) is 13.6 Å². The first-order valence-electron chi connectivity index (χ1n) is 10.7. The first-order valence-corrected chi connectivity index (χ1v) is 11.9. The van der Waals surface area contributed by atoms with E-state index < -0.39 is 0 Å². The van der Waals surface area contributed by atoms with Crippen molar-refractivity contribution in [1.82, 2.24) is 0 Å². The van der Waals surface area contributed by atoms with Crippen LogP contribution in [0.2, 0.25) is 5.02 Å². The highest BCUT2D eigenvalue weighted by Gasteiger charge is 2.41. The van der Waals surface area contributed by atoms with Crippen molar-refractivity contribution >= 4 is 40.8 Å². The molecule has 1 atom stereocenters. The number of nitrogens with two attached hydrogens (primary N) is 1. The molecule has 33 heavy (non-hydrogen) atoms.